The normalized spacial score (nSPS) is 23.3. The Kier molecular flexibility index (Phi) is 14.2. The third-order valence-corrected chi connectivity index (χ3v) is 5.31. The van der Waals surface area contributed by atoms with Crippen molar-refractivity contribution in [3.8, 4) is 0 Å². The van der Waals surface area contributed by atoms with Crippen LogP contribution in [0.1, 0.15) is 80.1 Å². The van der Waals surface area contributed by atoms with E-state index >= 15 is 0 Å². The molecule has 0 radical (unpaired) electrons. The molecule has 1 aliphatic carbocycles. The molecule has 0 saturated heterocycles. The van der Waals surface area contributed by atoms with Crippen molar-refractivity contribution in [2.45, 2.75) is 98.9 Å². The van der Waals surface area contributed by atoms with E-state index in [0.717, 1.165) is 19.3 Å². The second kappa shape index (κ2) is 16.0. The maximum absolute atomic E-state index is 13.0. The molecule has 33 heavy (non-hydrogen) atoms. The zero-order chi connectivity index (χ0) is 24.8. The number of esters is 3. The van der Waals surface area contributed by atoms with E-state index in [-0.39, 0.29) is 6.42 Å². The van der Waals surface area contributed by atoms with E-state index in [1.165, 1.54) is 0 Å². The van der Waals surface area contributed by atoms with Crippen LogP contribution in [0.15, 0.2) is 0 Å². The third kappa shape index (κ3) is 10.8. The zero-order valence-corrected chi connectivity index (χ0v) is 21.0. The molecule has 1 aliphatic rings. The Hall–Kier alpha value is -1.71. The second-order valence-corrected chi connectivity index (χ2v) is 8.35. The van der Waals surface area contributed by atoms with Gasteiger partial charge in [0.2, 0.25) is 0 Å². The first kappa shape index (κ1) is 29.3. The van der Waals surface area contributed by atoms with Crippen LogP contribution in [0, 0.1) is 17.8 Å². The van der Waals surface area contributed by atoms with Crippen LogP contribution in [0.3, 0.4) is 0 Å². The molecule has 9 nitrogen and oxygen atoms in total. The lowest BCUT2D eigenvalue weighted by Crippen LogP contribution is -2.42. The summed E-state index contributed by atoms with van der Waals surface area (Å²) < 4.78 is 32.5. The van der Waals surface area contributed by atoms with Crippen molar-refractivity contribution in [1.29, 1.82) is 0 Å². The van der Waals surface area contributed by atoms with E-state index in [4.69, 9.17) is 28.4 Å². The minimum Gasteiger partial charge on any atom is -0.436 e. The van der Waals surface area contributed by atoms with E-state index < -0.39 is 54.5 Å². The fourth-order valence-electron chi connectivity index (χ4n) is 3.64. The highest BCUT2D eigenvalue weighted by atomic mass is 16.7. The SMILES string of the molecule is CCCOC(C)OC(=O)C1CCC(C(=O)OC(C)OCCC)C(C(=O)OC(C)OCCC)C1. The topological polar surface area (TPSA) is 107 Å². The van der Waals surface area contributed by atoms with Gasteiger partial charge in [-0.05, 0) is 59.3 Å². The Bertz CT molecular complexity index is 594. The van der Waals surface area contributed by atoms with Crippen molar-refractivity contribution in [2.24, 2.45) is 17.8 Å². The average Bonchev–Trinajstić information content (AvgIpc) is 2.79. The number of hydrogen-bond acceptors (Lipinski definition) is 9. The summed E-state index contributed by atoms with van der Waals surface area (Å²) in [7, 11) is 0. The Balaban J connectivity index is 2.86. The molecule has 0 aromatic carbocycles. The Morgan fingerprint density at radius 2 is 1.03 bits per heavy atom. The van der Waals surface area contributed by atoms with Crippen LogP contribution in [0.25, 0.3) is 0 Å². The van der Waals surface area contributed by atoms with Crippen LogP contribution in [-0.4, -0.2) is 56.6 Å². The molecule has 0 spiro atoms. The summed E-state index contributed by atoms with van der Waals surface area (Å²) in [5, 5.41) is 0. The summed E-state index contributed by atoms with van der Waals surface area (Å²) in [6.45, 7) is 12.2. The predicted octanol–water partition coefficient (Wildman–Crippen LogP) is 3.97. The molecule has 192 valence electrons. The summed E-state index contributed by atoms with van der Waals surface area (Å²) in [4.78, 5) is 38.5. The van der Waals surface area contributed by atoms with E-state index in [1.54, 1.807) is 20.8 Å². The highest BCUT2D eigenvalue weighted by Gasteiger charge is 2.44. The Morgan fingerprint density at radius 1 is 0.636 bits per heavy atom. The van der Waals surface area contributed by atoms with Crippen LogP contribution in [0.2, 0.25) is 0 Å². The van der Waals surface area contributed by atoms with Crippen LogP contribution in [0.4, 0.5) is 0 Å². The lowest BCUT2D eigenvalue weighted by Gasteiger charge is -2.33. The molecule has 1 rings (SSSR count). The van der Waals surface area contributed by atoms with Crippen molar-refractivity contribution in [2.75, 3.05) is 19.8 Å². The molecule has 0 amide bonds. The monoisotopic (exact) mass is 474 g/mol. The van der Waals surface area contributed by atoms with Crippen molar-refractivity contribution < 1.29 is 42.8 Å². The summed E-state index contributed by atoms with van der Waals surface area (Å²) in [6, 6.07) is 0. The van der Waals surface area contributed by atoms with E-state index in [9.17, 15) is 14.4 Å². The van der Waals surface area contributed by atoms with Crippen LogP contribution < -0.4 is 0 Å². The van der Waals surface area contributed by atoms with Crippen molar-refractivity contribution >= 4 is 17.9 Å². The molecule has 1 saturated carbocycles. The molecule has 0 heterocycles. The van der Waals surface area contributed by atoms with Gasteiger partial charge in [-0.25, -0.2) is 0 Å². The fourth-order valence-corrected chi connectivity index (χ4v) is 3.64. The molecule has 0 N–H and O–H groups in total. The number of ether oxygens (including phenoxy) is 6. The molecule has 0 aromatic rings. The third-order valence-electron chi connectivity index (χ3n) is 5.31. The van der Waals surface area contributed by atoms with E-state index in [1.807, 2.05) is 20.8 Å². The number of carbonyl (C=O) groups excluding carboxylic acids is 3. The van der Waals surface area contributed by atoms with Gasteiger partial charge in [0.15, 0.2) is 18.9 Å². The smallest absolute Gasteiger partial charge is 0.312 e. The van der Waals surface area contributed by atoms with Gasteiger partial charge >= 0.3 is 17.9 Å². The summed E-state index contributed by atoms with van der Waals surface area (Å²) in [6.07, 6.45) is 1.05. The summed E-state index contributed by atoms with van der Waals surface area (Å²) in [5.74, 6) is -3.69. The van der Waals surface area contributed by atoms with Gasteiger partial charge in [-0.1, -0.05) is 20.8 Å². The van der Waals surface area contributed by atoms with E-state index in [0.29, 0.717) is 32.7 Å². The molecular formula is C24H42O9. The second-order valence-electron chi connectivity index (χ2n) is 8.35. The number of rotatable bonds is 15. The molecule has 6 atom stereocenters. The van der Waals surface area contributed by atoms with Crippen LogP contribution in [0.5, 0.6) is 0 Å². The molecule has 0 bridgehead atoms. The van der Waals surface area contributed by atoms with Gasteiger partial charge in [-0.2, -0.15) is 0 Å². The minimum atomic E-state index is -0.846. The van der Waals surface area contributed by atoms with Gasteiger partial charge in [-0.15, -0.1) is 0 Å². The minimum absolute atomic E-state index is 0.128. The number of carbonyl (C=O) groups is 3. The van der Waals surface area contributed by atoms with Gasteiger partial charge in [0, 0.05) is 0 Å². The highest BCUT2D eigenvalue weighted by molar-refractivity contribution is 5.84. The quantitative estimate of drug-likeness (QED) is 0.198. The maximum Gasteiger partial charge on any atom is 0.312 e. The van der Waals surface area contributed by atoms with Gasteiger partial charge < -0.3 is 28.4 Å². The fraction of sp³-hybridized carbons (Fsp3) is 0.875. The first-order chi connectivity index (χ1) is 15.7. The molecule has 0 aliphatic heterocycles. The number of hydrogen-bond donors (Lipinski definition) is 0. The van der Waals surface area contributed by atoms with Gasteiger partial charge in [0.1, 0.15) is 0 Å². The summed E-state index contributed by atoms with van der Waals surface area (Å²) >= 11 is 0. The largest absolute Gasteiger partial charge is 0.436 e. The highest BCUT2D eigenvalue weighted by Crippen LogP contribution is 2.37. The lowest BCUT2D eigenvalue weighted by molar-refractivity contribution is -0.197. The Labute approximate surface area is 197 Å². The summed E-state index contributed by atoms with van der Waals surface area (Å²) in [5.41, 5.74) is 0. The standard InChI is InChI=1S/C24H42O9/c1-7-12-28-16(4)31-22(25)19-10-11-20(23(26)32-17(5)29-13-8-2)21(15-19)24(27)33-18(6)30-14-9-3/h16-21H,7-15H2,1-6H3. The predicted molar refractivity (Wildman–Crippen MR) is 120 cm³/mol. The average molecular weight is 475 g/mol. The lowest BCUT2D eigenvalue weighted by atomic mass is 9.74. The Morgan fingerprint density at radius 3 is 1.45 bits per heavy atom. The van der Waals surface area contributed by atoms with Crippen molar-refractivity contribution in [1.82, 2.24) is 0 Å². The molecule has 6 unspecified atom stereocenters. The molecule has 1 fully saturated rings. The molecule has 9 heteroatoms. The molecular weight excluding hydrogens is 432 g/mol. The van der Waals surface area contributed by atoms with Crippen LogP contribution >= 0.6 is 0 Å². The van der Waals surface area contributed by atoms with Gasteiger partial charge in [0.25, 0.3) is 0 Å². The van der Waals surface area contributed by atoms with Crippen molar-refractivity contribution in [3.05, 3.63) is 0 Å². The molecule has 0 aromatic heterocycles. The first-order valence-corrected chi connectivity index (χ1v) is 12.2. The van der Waals surface area contributed by atoms with Gasteiger partial charge in [-0.3, -0.25) is 14.4 Å². The first-order valence-electron chi connectivity index (χ1n) is 12.2. The zero-order valence-electron chi connectivity index (χ0n) is 21.0. The van der Waals surface area contributed by atoms with Crippen LogP contribution in [-0.2, 0) is 42.8 Å². The maximum atomic E-state index is 13.0. The van der Waals surface area contributed by atoms with E-state index in [2.05, 4.69) is 0 Å². The van der Waals surface area contributed by atoms with Gasteiger partial charge in [0.05, 0.1) is 37.6 Å². The van der Waals surface area contributed by atoms with Crippen molar-refractivity contribution in [3.63, 3.8) is 0 Å².